The van der Waals surface area contributed by atoms with Gasteiger partial charge in [-0.3, -0.25) is 0 Å². The number of carbonyl (C=O) groups excluding carboxylic acids is 1. The minimum Gasteiger partial charge on any atom is -0.465 e. The quantitative estimate of drug-likeness (QED) is 0.501. The number of allylic oxidation sites excluding steroid dienone is 2. The van der Waals surface area contributed by atoms with E-state index in [1.54, 1.807) is 12.1 Å². The predicted octanol–water partition coefficient (Wildman–Crippen LogP) is 5.72. The molecule has 1 N–H and O–H groups in total. The van der Waals surface area contributed by atoms with Gasteiger partial charge in [-0.2, -0.15) is 0 Å². The van der Waals surface area contributed by atoms with Crippen LogP contribution in [0.5, 0.6) is 0 Å². The average molecular weight is 419 g/mol. The van der Waals surface area contributed by atoms with Crippen molar-refractivity contribution in [3.05, 3.63) is 74.7 Å². The Kier molecular flexibility index (Phi) is 4.34. The Morgan fingerprint density at radius 2 is 2.08 bits per heavy atom. The number of ether oxygens (including phenoxy) is 1. The molecule has 128 valence electrons. The van der Waals surface area contributed by atoms with Gasteiger partial charge >= 0.3 is 5.97 Å². The van der Waals surface area contributed by atoms with Crippen LogP contribution >= 0.6 is 27.5 Å². The van der Waals surface area contributed by atoms with Crippen LogP contribution in [0.1, 0.15) is 39.9 Å². The molecule has 0 saturated heterocycles. The van der Waals surface area contributed by atoms with Gasteiger partial charge in [0.25, 0.3) is 0 Å². The van der Waals surface area contributed by atoms with Crippen molar-refractivity contribution in [2.75, 3.05) is 12.4 Å². The molecule has 0 saturated carbocycles. The molecule has 0 amide bonds. The molecular formula is C20H17BrClNO2. The summed E-state index contributed by atoms with van der Waals surface area (Å²) in [6.45, 7) is 0. The van der Waals surface area contributed by atoms with Gasteiger partial charge in [0.1, 0.15) is 0 Å². The zero-order chi connectivity index (χ0) is 17.6. The van der Waals surface area contributed by atoms with Gasteiger partial charge in [-0.05, 0) is 41.7 Å². The van der Waals surface area contributed by atoms with E-state index >= 15 is 0 Å². The monoisotopic (exact) mass is 417 g/mol. The molecule has 4 rings (SSSR count). The first-order chi connectivity index (χ1) is 12.1. The van der Waals surface area contributed by atoms with E-state index in [1.165, 1.54) is 12.7 Å². The summed E-state index contributed by atoms with van der Waals surface area (Å²) in [4.78, 5) is 12.3. The summed E-state index contributed by atoms with van der Waals surface area (Å²) in [5.41, 5.74) is 3.56. The molecule has 1 heterocycles. The topological polar surface area (TPSA) is 38.3 Å². The van der Waals surface area contributed by atoms with E-state index in [0.717, 1.165) is 22.1 Å². The highest BCUT2D eigenvalue weighted by atomic mass is 79.9. The summed E-state index contributed by atoms with van der Waals surface area (Å²) >= 11 is 10.2. The number of fused-ring (bicyclic) bond motifs is 3. The number of halogens is 2. The third-order valence-corrected chi connectivity index (χ3v) is 6.15. The summed E-state index contributed by atoms with van der Waals surface area (Å²) in [5, 5.41) is 4.23. The van der Waals surface area contributed by atoms with Crippen molar-refractivity contribution in [2.45, 2.75) is 18.4 Å². The fourth-order valence-corrected chi connectivity index (χ4v) is 4.75. The van der Waals surface area contributed by atoms with Gasteiger partial charge in [-0.1, -0.05) is 57.9 Å². The van der Waals surface area contributed by atoms with Crippen LogP contribution in [0.15, 0.2) is 53.0 Å². The summed E-state index contributed by atoms with van der Waals surface area (Å²) in [5.74, 6) is 0.141. The van der Waals surface area contributed by atoms with Gasteiger partial charge in [0.15, 0.2) is 0 Å². The van der Waals surface area contributed by atoms with Crippen molar-refractivity contribution >= 4 is 39.2 Å². The molecule has 1 aliphatic heterocycles. The Hall–Kier alpha value is -1.78. The van der Waals surface area contributed by atoms with Gasteiger partial charge in [0.2, 0.25) is 0 Å². The molecule has 2 aromatic rings. The summed E-state index contributed by atoms with van der Waals surface area (Å²) < 4.78 is 6.05. The second-order valence-electron chi connectivity index (χ2n) is 6.37. The van der Waals surface area contributed by atoms with Crippen LogP contribution in [-0.4, -0.2) is 13.1 Å². The molecule has 25 heavy (non-hydrogen) atoms. The van der Waals surface area contributed by atoms with E-state index in [2.05, 4.69) is 45.5 Å². The molecule has 0 unspecified atom stereocenters. The number of nitrogens with one attached hydrogen (secondary N) is 1. The highest BCUT2D eigenvalue weighted by Gasteiger charge is 2.41. The Morgan fingerprint density at radius 1 is 1.28 bits per heavy atom. The fraction of sp³-hybridized carbons (Fsp3) is 0.250. The minimum absolute atomic E-state index is 0.119. The zero-order valence-electron chi connectivity index (χ0n) is 13.6. The van der Waals surface area contributed by atoms with Crippen LogP contribution < -0.4 is 5.32 Å². The standard InChI is InChI=1S/C20H17BrClNO2/c1-25-20(24)14-9-10-16(22)19-17(14)11-6-4-7-12(11)18(23-19)13-5-2-3-8-15(13)21/h2-6,8-12,18,23H,7H2,1H3/t11-,12+,18-/m1/s1. The summed E-state index contributed by atoms with van der Waals surface area (Å²) in [6.07, 6.45) is 5.34. The Bertz CT molecular complexity index is 880. The number of carbonyl (C=O) groups is 1. The van der Waals surface area contributed by atoms with E-state index in [-0.39, 0.29) is 17.9 Å². The van der Waals surface area contributed by atoms with E-state index in [9.17, 15) is 4.79 Å². The highest BCUT2D eigenvalue weighted by molar-refractivity contribution is 9.10. The molecule has 0 aromatic heterocycles. The van der Waals surface area contributed by atoms with Crippen LogP contribution in [0.3, 0.4) is 0 Å². The van der Waals surface area contributed by atoms with Crippen molar-refractivity contribution in [2.24, 2.45) is 5.92 Å². The molecule has 2 aromatic carbocycles. The van der Waals surface area contributed by atoms with E-state index < -0.39 is 0 Å². The maximum Gasteiger partial charge on any atom is 0.338 e. The first kappa shape index (κ1) is 16.7. The number of benzene rings is 2. The van der Waals surface area contributed by atoms with Crippen LogP contribution in [-0.2, 0) is 4.74 Å². The molecule has 3 nitrogen and oxygen atoms in total. The number of methoxy groups -OCH3 is 1. The molecule has 2 aliphatic rings. The number of hydrogen-bond donors (Lipinski definition) is 1. The number of anilines is 1. The van der Waals surface area contributed by atoms with Gasteiger partial charge in [0.05, 0.1) is 29.4 Å². The normalized spacial score (nSPS) is 23.6. The maximum absolute atomic E-state index is 12.3. The third-order valence-electron chi connectivity index (χ3n) is 5.11. The van der Waals surface area contributed by atoms with Crippen molar-refractivity contribution < 1.29 is 9.53 Å². The van der Waals surface area contributed by atoms with E-state index in [4.69, 9.17) is 16.3 Å². The lowest BCUT2D eigenvalue weighted by molar-refractivity contribution is 0.0598. The van der Waals surface area contributed by atoms with Crippen molar-refractivity contribution in [3.63, 3.8) is 0 Å². The van der Waals surface area contributed by atoms with E-state index in [0.29, 0.717) is 16.5 Å². The Balaban J connectivity index is 1.89. The first-order valence-electron chi connectivity index (χ1n) is 8.20. The lowest BCUT2D eigenvalue weighted by Crippen LogP contribution is -2.31. The lowest BCUT2D eigenvalue weighted by Gasteiger charge is -2.39. The summed E-state index contributed by atoms with van der Waals surface area (Å²) in [6, 6.07) is 11.9. The molecule has 0 spiro atoms. The molecule has 0 radical (unpaired) electrons. The van der Waals surface area contributed by atoms with E-state index in [1.807, 2.05) is 12.1 Å². The second kappa shape index (κ2) is 6.50. The fourth-order valence-electron chi connectivity index (χ4n) is 4.00. The van der Waals surface area contributed by atoms with Crippen molar-refractivity contribution in [1.29, 1.82) is 0 Å². The van der Waals surface area contributed by atoms with Crippen molar-refractivity contribution in [1.82, 2.24) is 0 Å². The number of hydrogen-bond acceptors (Lipinski definition) is 3. The Morgan fingerprint density at radius 3 is 2.84 bits per heavy atom. The van der Waals surface area contributed by atoms with Crippen LogP contribution in [0.2, 0.25) is 5.02 Å². The molecule has 0 fully saturated rings. The maximum atomic E-state index is 12.3. The van der Waals surface area contributed by atoms with Gasteiger partial charge in [-0.15, -0.1) is 0 Å². The lowest BCUT2D eigenvalue weighted by atomic mass is 9.75. The molecular weight excluding hydrogens is 402 g/mol. The molecule has 0 bridgehead atoms. The Labute approximate surface area is 160 Å². The van der Waals surface area contributed by atoms with Gasteiger partial charge in [-0.25, -0.2) is 4.79 Å². The smallest absolute Gasteiger partial charge is 0.338 e. The highest BCUT2D eigenvalue weighted by Crippen LogP contribution is 2.53. The van der Waals surface area contributed by atoms with Gasteiger partial charge < -0.3 is 10.1 Å². The zero-order valence-corrected chi connectivity index (χ0v) is 16.0. The number of rotatable bonds is 2. The first-order valence-corrected chi connectivity index (χ1v) is 9.37. The van der Waals surface area contributed by atoms with Crippen LogP contribution in [0.4, 0.5) is 5.69 Å². The number of esters is 1. The third kappa shape index (κ3) is 2.68. The average Bonchev–Trinajstić information content (AvgIpc) is 3.11. The van der Waals surface area contributed by atoms with Crippen molar-refractivity contribution in [3.8, 4) is 0 Å². The molecule has 5 heteroatoms. The SMILES string of the molecule is COC(=O)c1ccc(Cl)c2c1[C@@H]1C=CC[C@@H]1[C@H](c1ccccc1Br)N2. The largest absolute Gasteiger partial charge is 0.465 e. The molecule has 1 aliphatic carbocycles. The van der Waals surface area contributed by atoms with Crippen LogP contribution in [0.25, 0.3) is 0 Å². The van der Waals surface area contributed by atoms with Crippen LogP contribution in [0, 0.1) is 5.92 Å². The molecule has 3 atom stereocenters. The minimum atomic E-state index is -0.326. The predicted molar refractivity (Wildman–Crippen MR) is 103 cm³/mol. The second-order valence-corrected chi connectivity index (χ2v) is 7.63. The van der Waals surface area contributed by atoms with Gasteiger partial charge in [0, 0.05) is 10.4 Å². The summed E-state index contributed by atoms with van der Waals surface area (Å²) in [7, 11) is 1.41.